The molecule has 0 aliphatic heterocycles. The number of H-pyrrole nitrogens is 1. The van der Waals surface area contributed by atoms with Crippen LogP contribution in [0, 0.1) is 0 Å². The Kier molecular flexibility index (Phi) is 4.71. The zero-order valence-electron chi connectivity index (χ0n) is 15.8. The van der Waals surface area contributed by atoms with E-state index in [2.05, 4.69) is 25.6 Å². The second-order valence-corrected chi connectivity index (χ2v) is 7.57. The Balaban J connectivity index is 1.25. The molecule has 0 saturated carbocycles. The van der Waals surface area contributed by atoms with Crippen LogP contribution >= 0.6 is 11.3 Å². The first kappa shape index (κ1) is 18.1. The van der Waals surface area contributed by atoms with Gasteiger partial charge in [0, 0.05) is 52.0 Å². The van der Waals surface area contributed by atoms with Crippen molar-refractivity contribution in [3.63, 3.8) is 0 Å². The van der Waals surface area contributed by atoms with E-state index in [1.165, 1.54) is 11.3 Å². The van der Waals surface area contributed by atoms with E-state index in [-0.39, 0.29) is 5.91 Å². The lowest BCUT2D eigenvalue weighted by Gasteiger charge is -2.07. The number of hydrogen-bond donors (Lipinski definition) is 3. The summed E-state index contributed by atoms with van der Waals surface area (Å²) >= 11 is 1.54. The summed E-state index contributed by atoms with van der Waals surface area (Å²) in [6.45, 7) is 0. The van der Waals surface area contributed by atoms with Crippen LogP contribution in [0.1, 0.15) is 10.4 Å². The number of nitrogens with zero attached hydrogens (tertiary/aromatic N) is 2. The molecule has 6 nitrogen and oxygen atoms in total. The van der Waals surface area contributed by atoms with Crippen LogP contribution < -0.4 is 10.6 Å². The van der Waals surface area contributed by atoms with Gasteiger partial charge in [-0.25, -0.2) is 4.98 Å². The van der Waals surface area contributed by atoms with Gasteiger partial charge in [0.05, 0.1) is 5.69 Å². The van der Waals surface area contributed by atoms with Gasteiger partial charge >= 0.3 is 0 Å². The van der Waals surface area contributed by atoms with Gasteiger partial charge in [-0.15, -0.1) is 11.3 Å². The highest BCUT2D eigenvalue weighted by atomic mass is 32.1. The van der Waals surface area contributed by atoms with Crippen LogP contribution in [0.3, 0.4) is 0 Å². The number of nitrogens with one attached hydrogen (secondary N) is 3. The molecule has 7 heteroatoms. The predicted octanol–water partition coefficient (Wildman–Crippen LogP) is 5.68. The average molecular weight is 411 g/mol. The van der Waals surface area contributed by atoms with Gasteiger partial charge in [-0.2, -0.15) is 0 Å². The van der Waals surface area contributed by atoms with E-state index in [0.29, 0.717) is 5.56 Å². The highest BCUT2D eigenvalue weighted by Gasteiger charge is 2.08. The van der Waals surface area contributed by atoms with E-state index in [9.17, 15) is 4.79 Å². The molecule has 0 spiro atoms. The summed E-state index contributed by atoms with van der Waals surface area (Å²) in [5, 5.41) is 10.1. The Morgan fingerprint density at radius 3 is 2.57 bits per heavy atom. The van der Waals surface area contributed by atoms with Crippen molar-refractivity contribution < 1.29 is 4.79 Å². The molecule has 30 heavy (non-hydrogen) atoms. The van der Waals surface area contributed by atoms with Crippen molar-refractivity contribution in [2.45, 2.75) is 0 Å². The molecule has 0 atom stereocenters. The molecule has 2 aromatic carbocycles. The maximum atomic E-state index is 12.5. The molecular weight excluding hydrogens is 394 g/mol. The topological polar surface area (TPSA) is 82.7 Å². The van der Waals surface area contributed by atoms with E-state index in [1.807, 2.05) is 72.2 Å². The van der Waals surface area contributed by atoms with Crippen LogP contribution in [0.2, 0.25) is 0 Å². The molecule has 5 rings (SSSR count). The van der Waals surface area contributed by atoms with Crippen LogP contribution in [0.4, 0.5) is 16.5 Å². The fourth-order valence-corrected chi connectivity index (χ4v) is 3.88. The second-order valence-electron chi connectivity index (χ2n) is 6.71. The van der Waals surface area contributed by atoms with Gasteiger partial charge in [-0.3, -0.25) is 9.78 Å². The van der Waals surface area contributed by atoms with Crippen molar-refractivity contribution in [1.29, 1.82) is 0 Å². The molecule has 0 saturated heterocycles. The molecular formula is C23H17N5OS. The monoisotopic (exact) mass is 411 g/mol. The number of benzene rings is 2. The number of carbonyl (C=O) groups excluding carboxylic acids is 1. The maximum absolute atomic E-state index is 12.5. The molecule has 3 N–H and O–H groups in total. The number of aromatic nitrogens is 3. The molecule has 0 aliphatic carbocycles. The van der Waals surface area contributed by atoms with Crippen LogP contribution in [-0.2, 0) is 0 Å². The second kappa shape index (κ2) is 7.81. The molecule has 5 aromatic rings. The smallest absolute Gasteiger partial charge is 0.255 e. The lowest BCUT2D eigenvalue weighted by Crippen LogP contribution is -2.11. The first-order chi connectivity index (χ1) is 14.7. The summed E-state index contributed by atoms with van der Waals surface area (Å²) in [5.41, 5.74) is 5.12. The summed E-state index contributed by atoms with van der Waals surface area (Å²) in [7, 11) is 0. The molecule has 1 amide bonds. The van der Waals surface area contributed by atoms with Crippen LogP contribution in [-0.4, -0.2) is 20.9 Å². The van der Waals surface area contributed by atoms with Crippen molar-refractivity contribution in [2.24, 2.45) is 0 Å². The van der Waals surface area contributed by atoms with Crippen molar-refractivity contribution >= 4 is 44.7 Å². The van der Waals surface area contributed by atoms with Gasteiger partial charge in [0.25, 0.3) is 5.91 Å². The summed E-state index contributed by atoms with van der Waals surface area (Å²) < 4.78 is 0. The third-order valence-electron chi connectivity index (χ3n) is 4.69. The van der Waals surface area contributed by atoms with E-state index in [4.69, 9.17) is 0 Å². The van der Waals surface area contributed by atoms with E-state index >= 15 is 0 Å². The number of amides is 1. The van der Waals surface area contributed by atoms with Gasteiger partial charge in [0.15, 0.2) is 5.13 Å². The van der Waals surface area contributed by atoms with Gasteiger partial charge in [0.1, 0.15) is 0 Å². The van der Waals surface area contributed by atoms with Crippen LogP contribution in [0.15, 0.2) is 84.6 Å². The third kappa shape index (κ3) is 3.78. The zero-order valence-corrected chi connectivity index (χ0v) is 16.6. The number of rotatable bonds is 5. The minimum atomic E-state index is -0.144. The normalized spacial score (nSPS) is 10.8. The quantitative estimate of drug-likeness (QED) is 0.347. The summed E-state index contributed by atoms with van der Waals surface area (Å²) in [4.78, 5) is 24.3. The molecule has 0 unspecified atom stereocenters. The van der Waals surface area contributed by atoms with E-state index in [0.717, 1.165) is 38.7 Å². The van der Waals surface area contributed by atoms with Crippen molar-refractivity contribution in [3.8, 4) is 11.3 Å². The van der Waals surface area contributed by atoms with Crippen LogP contribution in [0.5, 0.6) is 0 Å². The molecule has 146 valence electrons. The lowest BCUT2D eigenvalue weighted by atomic mass is 10.1. The molecule has 3 aromatic heterocycles. The van der Waals surface area contributed by atoms with E-state index < -0.39 is 0 Å². The standard InChI is InChI=1S/C23H17N5OS/c29-22(17-2-1-15-9-12-25-20(15)13-17)26-18-3-5-19(6-4-18)27-23-28-21(14-30-23)16-7-10-24-11-8-16/h1-14,25H,(H,26,29)(H,27,28). The zero-order chi connectivity index (χ0) is 20.3. The van der Waals surface area contributed by atoms with Crippen molar-refractivity contribution in [3.05, 3.63) is 90.2 Å². The largest absolute Gasteiger partial charge is 0.361 e. The first-order valence-electron chi connectivity index (χ1n) is 9.36. The summed E-state index contributed by atoms with van der Waals surface area (Å²) in [6, 6.07) is 19.0. The average Bonchev–Trinajstić information content (AvgIpc) is 3.44. The molecule has 3 heterocycles. The number of hydrogen-bond acceptors (Lipinski definition) is 5. The fraction of sp³-hybridized carbons (Fsp3) is 0. The minimum absolute atomic E-state index is 0.144. The minimum Gasteiger partial charge on any atom is -0.361 e. The van der Waals surface area contributed by atoms with Gasteiger partial charge < -0.3 is 15.6 Å². The highest BCUT2D eigenvalue weighted by Crippen LogP contribution is 2.27. The van der Waals surface area contributed by atoms with Crippen molar-refractivity contribution in [2.75, 3.05) is 10.6 Å². The number of fused-ring (bicyclic) bond motifs is 1. The fourth-order valence-electron chi connectivity index (χ4n) is 3.14. The van der Waals surface area contributed by atoms with Gasteiger partial charge in [-0.1, -0.05) is 6.07 Å². The highest BCUT2D eigenvalue weighted by molar-refractivity contribution is 7.14. The third-order valence-corrected chi connectivity index (χ3v) is 5.45. The maximum Gasteiger partial charge on any atom is 0.255 e. The lowest BCUT2D eigenvalue weighted by molar-refractivity contribution is 0.102. The van der Waals surface area contributed by atoms with Crippen molar-refractivity contribution in [1.82, 2.24) is 15.0 Å². The SMILES string of the molecule is O=C(Nc1ccc(Nc2nc(-c3ccncc3)cs2)cc1)c1ccc2cc[nH]c2c1. The van der Waals surface area contributed by atoms with Crippen LogP contribution in [0.25, 0.3) is 22.2 Å². The van der Waals surface area contributed by atoms with E-state index in [1.54, 1.807) is 12.4 Å². The van der Waals surface area contributed by atoms with Gasteiger partial charge in [0.2, 0.25) is 0 Å². The number of aromatic amines is 1. The Hall–Kier alpha value is -3.97. The number of thiazole rings is 1. The number of anilines is 3. The first-order valence-corrected chi connectivity index (χ1v) is 10.2. The number of pyridine rings is 1. The Labute approximate surface area is 176 Å². The van der Waals surface area contributed by atoms with Gasteiger partial charge in [-0.05, 0) is 60.0 Å². The Bertz CT molecular complexity index is 1310. The number of carbonyl (C=O) groups is 1. The Morgan fingerprint density at radius 2 is 1.73 bits per heavy atom. The summed E-state index contributed by atoms with van der Waals surface area (Å²) in [6.07, 6.45) is 5.37. The predicted molar refractivity (Wildman–Crippen MR) is 121 cm³/mol. The molecule has 0 bridgehead atoms. The summed E-state index contributed by atoms with van der Waals surface area (Å²) in [5.74, 6) is -0.144. The molecule has 0 radical (unpaired) electrons. The Morgan fingerprint density at radius 1 is 0.933 bits per heavy atom. The molecule has 0 fully saturated rings. The molecule has 0 aliphatic rings.